The van der Waals surface area contributed by atoms with Gasteiger partial charge in [0.25, 0.3) is 0 Å². The Morgan fingerprint density at radius 3 is 2.88 bits per heavy atom. The number of hydrogen-bond donors (Lipinski definition) is 0. The number of hydrogen-bond acceptors (Lipinski definition) is 2. The van der Waals surface area contributed by atoms with Crippen LogP contribution in [0.4, 0.5) is 0 Å². The van der Waals surface area contributed by atoms with Gasteiger partial charge in [0.2, 0.25) is 0 Å². The molecule has 5 heteroatoms. The highest BCUT2D eigenvalue weighted by Crippen LogP contribution is 2.22. The maximum Gasteiger partial charge on any atom is 0.177 e. The van der Waals surface area contributed by atoms with E-state index < -0.39 is 0 Å². The lowest BCUT2D eigenvalue weighted by molar-refractivity contribution is 0.866. The standard InChI is InChI=1S/C11H7BrClN3/c1-7-2-3-8(13)4-11(7)16-6-9(12)10(5-14)15-16/h2-4,6H,1H3. The Kier molecular flexibility index (Phi) is 2.99. The number of aryl methyl sites for hydroxylation is 1. The molecule has 0 bridgehead atoms. The Balaban J connectivity index is 2.59. The summed E-state index contributed by atoms with van der Waals surface area (Å²) < 4.78 is 2.32. The van der Waals surface area contributed by atoms with E-state index in [1.54, 1.807) is 10.9 Å². The van der Waals surface area contributed by atoms with Crippen molar-refractivity contribution in [2.45, 2.75) is 6.92 Å². The van der Waals surface area contributed by atoms with Gasteiger partial charge in [-0.2, -0.15) is 10.4 Å². The number of nitriles is 1. The summed E-state index contributed by atoms with van der Waals surface area (Å²) >= 11 is 9.21. The summed E-state index contributed by atoms with van der Waals surface area (Å²) in [5, 5.41) is 13.6. The molecule has 1 aromatic heterocycles. The van der Waals surface area contributed by atoms with E-state index in [1.807, 2.05) is 31.2 Å². The lowest BCUT2D eigenvalue weighted by Gasteiger charge is -2.05. The van der Waals surface area contributed by atoms with Crippen molar-refractivity contribution >= 4 is 27.5 Å². The van der Waals surface area contributed by atoms with E-state index in [-0.39, 0.29) is 0 Å². The molecule has 0 aliphatic carbocycles. The number of benzene rings is 1. The molecule has 0 saturated heterocycles. The second-order valence-corrected chi connectivity index (χ2v) is 4.60. The summed E-state index contributed by atoms with van der Waals surface area (Å²) in [5.41, 5.74) is 2.28. The Bertz CT molecular complexity index is 583. The fraction of sp³-hybridized carbons (Fsp3) is 0.0909. The second kappa shape index (κ2) is 4.28. The summed E-state index contributed by atoms with van der Waals surface area (Å²) in [5.74, 6) is 0. The molecular formula is C11H7BrClN3. The van der Waals surface area contributed by atoms with Gasteiger partial charge in [0.15, 0.2) is 5.69 Å². The molecule has 0 atom stereocenters. The van der Waals surface area contributed by atoms with Crippen molar-refractivity contribution in [3.05, 3.63) is 45.1 Å². The maximum absolute atomic E-state index is 8.82. The minimum Gasteiger partial charge on any atom is -0.238 e. The molecule has 1 heterocycles. The SMILES string of the molecule is Cc1ccc(Cl)cc1-n1cc(Br)c(C#N)n1. The van der Waals surface area contributed by atoms with Crippen molar-refractivity contribution in [2.75, 3.05) is 0 Å². The molecule has 0 N–H and O–H groups in total. The summed E-state index contributed by atoms with van der Waals surface area (Å²) in [6.07, 6.45) is 1.75. The average molecular weight is 297 g/mol. The van der Waals surface area contributed by atoms with Crippen LogP contribution in [-0.4, -0.2) is 9.78 Å². The first kappa shape index (κ1) is 11.2. The van der Waals surface area contributed by atoms with Crippen molar-refractivity contribution in [3.8, 4) is 11.8 Å². The Morgan fingerprint density at radius 1 is 1.50 bits per heavy atom. The number of aromatic nitrogens is 2. The zero-order valence-corrected chi connectivity index (χ0v) is 10.7. The molecule has 0 saturated carbocycles. The van der Waals surface area contributed by atoms with E-state index in [1.165, 1.54) is 0 Å². The van der Waals surface area contributed by atoms with Gasteiger partial charge in [-0.15, -0.1) is 0 Å². The zero-order chi connectivity index (χ0) is 11.7. The van der Waals surface area contributed by atoms with Crippen LogP contribution in [0.2, 0.25) is 5.02 Å². The van der Waals surface area contributed by atoms with Crippen LogP contribution < -0.4 is 0 Å². The van der Waals surface area contributed by atoms with Crippen LogP contribution in [0, 0.1) is 18.3 Å². The van der Waals surface area contributed by atoms with Crippen LogP contribution in [0.1, 0.15) is 11.3 Å². The molecule has 16 heavy (non-hydrogen) atoms. The topological polar surface area (TPSA) is 41.6 Å². The summed E-state index contributed by atoms with van der Waals surface area (Å²) in [6.45, 7) is 1.97. The number of nitrogens with zero attached hydrogens (tertiary/aromatic N) is 3. The average Bonchev–Trinajstić information content (AvgIpc) is 2.63. The first-order valence-corrected chi connectivity index (χ1v) is 5.70. The molecule has 0 aliphatic rings. The van der Waals surface area contributed by atoms with E-state index in [0.29, 0.717) is 15.2 Å². The molecule has 3 nitrogen and oxygen atoms in total. The third-order valence-corrected chi connectivity index (χ3v) is 3.01. The van der Waals surface area contributed by atoms with E-state index in [2.05, 4.69) is 21.0 Å². The molecule has 0 unspecified atom stereocenters. The van der Waals surface area contributed by atoms with Crippen molar-refractivity contribution in [1.82, 2.24) is 9.78 Å². The molecule has 0 amide bonds. The van der Waals surface area contributed by atoms with E-state index in [9.17, 15) is 0 Å². The number of rotatable bonds is 1. The molecule has 0 fully saturated rings. The van der Waals surface area contributed by atoms with E-state index >= 15 is 0 Å². The lowest BCUT2D eigenvalue weighted by atomic mass is 10.2. The van der Waals surface area contributed by atoms with Crippen LogP contribution in [0.3, 0.4) is 0 Å². The van der Waals surface area contributed by atoms with Crippen molar-refractivity contribution < 1.29 is 0 Å². The minimum atomic E-state index is 0.361. The Hall–Kier alpha value is -1.31. The molecule has 2 aromatic rings. The van der Waals surface area contributed by atoms with Gasteiger partial charge in [0.05, 0.1) is 10.2 Å². The van der Waals surface area contributed by atoms with Crippen molar-refractivity contribution in [3.63, 3.8) is 0 Å². The van der Waals surface area contributed by atoms with Crippen molar-refractivity contribution in [2.24, 2.45) is 0 Å². The van der Waals surface area contributed by atoms with Gasteiger partial charge in [-0.3, -0.25) is 0 Å². The molecule has 2 rings (SSSR count). The van der Waals surface area contributed by atoms with Crippen LogP contribution in [0.15, 0.2) is 28.9 Å². The van der Waals surface area contributed by atoms with Gasteiger partial charge < -0.3 is 0 Å². The van der Waals surface area contributed by atoms with Gasteiger partial charge in [-0.1, -0.05) is 17.7 Å². The largest absolute Gasteiger partial charge is 0.238 e. The predicted octanol–water partition coefficient (Wildman–Crippen LogP) is 3.47. The predicted molar refractivity (Wildman–Crippen MR) is 65.7 cm³/mol. The van der Waals surface area contributed by atoms with Gasteiger partial charge in [0, 0.05) is 11.2 Å². The molecule has 80 valence electrons. The molecular weight excluding hydrogens is 289 g/mol. The molecule has 0 radical (unpaired) electrons. The Labute approximate surface area is 106 Å². The first-order valence-electron chi connectivity index (χ1n) is 4.53. The Morgan fingerprint density at radius 2 is 2.25 bits per heavy atom. The summed E-state index contributed by atoms with van der Waals surface area (Å²) in [6, 6.07) is 7.56. The molecule has 1 aromatic carbocycles. The van der Waals surface area contributed by atoms with Gasteiger partial charge in [-0.05, 0) is 40.5 Å². The third kappa shape index (κ3) is 1.97. The fourth-order valence-electron chi connectivity index (χ4n) is 1.38. The van der Waals surface area contributed by atoms with Crippen molar-refractivity contribution in [1.29, 1.82) is 5.26 Å². The van der Waals surface area contributed by atoms with E-state index in [0.717, 1.165) is 11.3 Å². The highest BCUT2D eigenvalue weighted by molar-refractivity contribution is 9.10. The van der Waals surface area contributed by atoms with Gasteiger partial charge in [0.1, 0.15) is 6.07 Å². The second-order valence-electron chi connectivity index (χ2n) is 3.31. The fourth-order valence-corrected chi connectivity index (χ4v) is 1.91. The summed E-state index contributed by atoms with van der Waals surface area (Å²) in [7, 11) is 0. The van der Waals surface area contributed by atoms with E-state index in [4.69, 9.17) is 16.9 Å². The first-order chi connectivity index (χ1) is 7.61. The smallest absolute Gasteiger partial charge is 0.177 e. The highest BCUT2D eigenvalue weighted by Gasteiger charge is 2.08. The van der Waals surface area contributed by atoms with Crippen LogP contribution in [0.25, 0.3) is 5.69 Å². The monoisotopic (exact) mass is 295 g/mol. The van der Waals surface area contributed by atoms with Crippen LogP contribution in [0.5, 0.6) is 0 Å². The summed E-state index contributed by atoms with van der Waals surface area (Å²) in [4.78, 5) is 0. The van der Waals surface area contributed by atoms with Gasteiger partial charge in [-0.25, -0.2) is 4.68 Å². The maximum atomic E-state index is 8.82. The molecule has 0 aliphatic heterocycles. The lowest BCUT2D eigenvalue weighted by Crippen LogP contribution is -1.97. The quantitative estimate of drug-likeness (QED) is 0.808. The number of halogens is 2. The highest BCUT2D eigenvalue weighted by atomic mass is 79.9. The van der Waals surface area contributed by atoms with Gasteiger partial charge >= 0.3 is 0 Å². The normalized spacial score (nSPS) is 10.1. The molecule has 0 spiro atoms. The third-order valence-electron chi connectivity index (χ3n) is 2.19. The zero-order valence-electron chi connectivity index (χ0n) is 8.41. The minimum absolute atomic E-state index is 0.361. The van der Waals surface area contributed by atoms with Crippen LogP contribution in [-0.2, 0) is 0 Å². The van der Waals surface area contributed by atoms with Crippen LogP contribution >= 0.6 is 27.5 Å².